The van der Waals surface area contributed by atoms with E-state index in [-0.39, 0.29) is 17.9 Å². The van der Waals surface area contributed by atoms with Crippen molar-refractivity contribution in [3.8, 4) is 0 Å². The topological polar surface area (TPSA) is 45.2 Å². The molecule has 0 radical (unpaired) electrons. The zero-order chi connectivity index (χ0) is 17.4. The maximum absolute atomic E-state index is 13.4. The first-order valence-electron chi connectivity index (χ1n) is 7.94. The fourth-order valence-corrected chi connectivity index (χ4v) is 3.75. The number of pyridine rings is 1. The van der Waals surface area contributed by atoms with Crippen LogP contribution in [0.3, 0.4) is 0 Å². The minimum absolute atomic E-state index is 0.0474. The number of benzene rings is 1. The largest absolute Gasteiger partial charge is 0.360 e. The summed E-state index contributed by atoms with van der Waals surface area (Å²) in [5.41, 5.74) is 2.88. The van der Waals surface area contributed by atoms with E-state index >= 15 is 0 Å². The van der Waals surface area contributed by atoms with Gasteiger partial charge in [0.05, 0.1) is 17.8 Å². The van der Waals surface area contributed by atoms with E-state index in [9.17, 15) is 9.18 Å². The van der Waals surface area contributed by atoms with Gasteiger partial charge in [-0.15, -0.1) is 11.3 Å². The van der Waals surface area contributed by atoms with Crippen LogP contribution in [0, 0.1) is 12.7 Å². The highest BCUT2D eigenvalue weighted by molar-refractivity contribution is 7.09. The molecule has 1 unspecified atom stereocenters. The highest BCUT2D eigenvalue weighted by Gasteiger charge is 2.38. The number of aromatic nitrogens is 1. The van der Waals surface area contributed by atoms with E-state index in [0.29, 0.717) is 17.8 Å². The van der Waals surface area contributed by atoms with Gasteiger partial charge in [-0.1, -0.05) is 6.07 Å². The second-order valence-corrected chi connectivity index (χ2v) is 6.99. The van der Waals surface area contributed by atoms with Gasteiger partial charge in [0.1, 0.15) is 12.0 Å². The summed E-state index contributed by atoms with van der Waals surface area (Å²) in [5, 5.41) is 5.36. The number of nitrogens with zero attached hydrogens (tertiary/aromatic N) is 2. The molecule has 25 heavy (non-hydrogen) atoms. The summed E-state index contributed by atoms with van der Waals surface area (Å²) in [7, 11) is 0. The molecule has 1 atom stereocenters. The molecular formula is C19H16FN3OS. The van der Waals surface area contributed by atoms with E-state index < -0.39 is 0 Å². The van der Waals surface area contributed by atoms with E-state index in [2.05, 4.69) is 10.3 Å². The Labute approximate surface area is 148 Å². The second kappa shape index (κ2) is 6.29. The number of amides is 1. The van der Waals surface area contributed by atoms with Crippen LogP contribution in [0.4, 0.5) is 10.1 Å². The molecule has 0 saturated heterocycles. The van der Waals surface area contributed by atoms with Crippen molar-refractivity contribution in [2.24, 2.45) is 0 Å². The quantitative estimate of drug-likeness (QED) is 0.758. The lowest BCUT2D eigenvalue weighted by Crippen LogP contribution is -2.32. The number of aryl methyl sites for hydroxylation is 1. The lowest BCUT2D eigenvalue weighted by molar-refractivity contribution is 0.0729. The summed E-state index contributed by atoms with van der Waals surface area (Å²) in [6, 6.07) is 12.1. The van der Waals surface area contributed by atoms with Gasteiger partial charge in [-0.2, -0.15) is 0 Å². The molecule has 0 fully saturated rings. The number of thiophene rings is 1. The van der Waals surface area contributed by atoms with Crippen LogP contribution in [0.2, 0.25) is 0 Å². The van der Waals surface area contributed by atoms with Crippen molar-refractivity contribution in [1.29, 1.82) is 0 Å². The zero-order valence-corrected chi connectivity index (χ0v) is 14.4. The van der Waals surface area contributed by atoms with Gasteiger partial charge in [0, 0.05) is 16.8 Å². The van der Waals surface area contributed by atoms with E-state index in [1.165, 1.54) is 12.1 Å². The van der Waals surface area contributed by atoms with Gasteiger partial charge in [0.2, 0.25) is 0 Å². The van der Waals surface area contributed by atoms with Crippen molar-refractivity contribution in [2.75, 3.05) is 5.32 Å². The summed E-state index contributed by atoms with van der Waals surface area (Å²) >= 11 is 1.61. The predicted octanol–water partition coefficient (Wildman–Crippen LogP) is 4.36. The summed E-state index contributed by atoms with van der Waals surface area (Å²) in [6.45, 7) is 2.34. The molecule has 0 aliphatic carbocycles. The summed E-state index contributed by atoms with van der Waals surface area (Å²) in [5.74, 6) is -0.326. The van der Waals surface area contributed by atoms with Gasteiger partial charge in [-0.05, 0) is 54.3 Å². The smallest absolute Gasteiger partial charge is 0.258 e. The minimum Gasteiger partial charge on any atom is -0.360 e. The van der Waals surface area contributed by atoms with Crippen LogP contribution < -0.4 is 5.32 Å². The molecule has 4 rings (SSSR count). The van der Waals surface area contributed by atoms with Crippen molar-refractivity contribution in [3.63, 3.8) is 0 Å². The van der Waals surface area contributed by atoms with Gasteiger partial charge >= 0.3 is 0 Å². The standard InChI is InChI=1S/C19H16FN3OS/c1-12-10-13(20)6-7-16(12)22-18-17-15(5-2-8-21-17)19(24)23(18)11-14-4-3-9-25-14/h2-10,18,22H,11H2,1H3. The molecule has 2 aromatic heterocycles. The Bertz CT molecular complexity index is 926. The number of halogens is 1. The van der Waals surface area contributed by atoms with E-state index in [0.717, 1.165) is 16.1 Å². The Balaban J connectivity index is 1.71. The first kappa shape index (κ1) is 15.8. The first-order chi connectivity index (χ1) is 12.1. The molecule has 1 N–H and O–H groups in total. The number of hydrogen-bond donors (Lipinski definition) is 1. The average Bonchev–Trinajstić information content (AvgIpc) is 3.20. The normalized spacial score (nSPS) is 16.2. The Morgan fingerprint density at radius 1 is 1.28 bits per heavy atom. The number of fused-ring (bicyclic) bond motifs is 1. The molecule has 0 saturated carbocycles. The Kier molecular flexibility index (Phi) is 3.97. The maximum Gasteiger partial charge on any atom is 0.258 e. The van der Waals surface area contributed by atoms with Gasteiger partial charge in [-0.25, -0.2) is 4.39 Å². The Morgan fingerprint density at radius 3 is 2.92 bits per heavy atom. The van der Waals surface area contributed by atoms with Crippen LogP contribution in [0.15, 0.2) is 54.0 Å². The minimum atomic E-state index is -0.380. The number of hydrogen-bond acceptors (Lipinski definition) is 4. The average molecular weight is 353 g/mol. The van der Waals surface area contributed by atoms with E-state index in [1.807, 2.05) is 24.4 Å². The summed E-state index contributed by atoms with van der Waals surface area (Å²) in [6.07, 6.45) is 1.31. The van der Waals surface area contributed by atoms with Crippen molar-refractivity contribution in [2.45, 2.75) is 19.6 Å². The fourth-order valence-electron chi connectivity index (χ4n) is 3.05. The third kappa shape index (κ3) is 2.89. The van der Waals surface area contributed by atoms with Crippen LogP contribution in [0.25, 0.3) is 0 Å². The SMILES string of the molecule is Cc1cc(F)ccc1NC1c2ncccc2C(=O)N1Cc1cccs1. The van der Waals surface area contributed by atoms with Gasteiger partial charge < -0.3 is 10.2 Å². The molecule has 4 nitrogen and oxygen atoms in total. The number of carbonyl (C=O) groups excluding carboxylic acids is 1. The Morgan fingerprint density at radius 2 is 2.16 bits per heavy atom. The van der Waals surface area contributed by atoms with Gasteiger partial charge in [0.25, 0.3) is 5.91 Å². The van der Waals surface area contributed by atoms with Crippen LogP contribution >= 0.6 is 11.3 Å². The maximum atomic E-state index is 13.4. The molecule has 0 spiro atoms. The third-order valence-corrected chi connectivity index (χ3v) is 5.15. The molecular weight excluding hydrogens is 337 g/mol. The second-order valence-electron chi connectivity index (χ2n) is 5.95. The van der Waals surface area contributed by atoms with E-state index in [4.69, 9.17) is 0 Å². The predicted molar refractivity (Wildman–Crippen MR) is 95.9 cm³/mol. The molecule has 1 aromatic carbocycles. The van der Waals surface area contributed by atoms with Crippen molar-refractivity contribution >= 4 is 22.9 Å². The molecule has 1 aliphatic heterocycles. The monoisotopic (exact) mass is 353 g/mol. The fraction of sp³-hybridized carbons (Fsp3) is 0.158. The summed E-state index contributed by atoms with van der Waals surface area (Å²) < 4.78 is 13.4. The lowest BCUT2D eigenvalue weighted by atomic mass is 10.1. The van der Waals surface area contributed by atoms with Gasteiger partial charge in [-0.3, -0.25) is 9.78 Å². The van der Waals surface area contributed by atoms with Crippen molar-refractivity contribution in [3.05, 3.63) is 81.6 Å². The van der Waals surface area contributed by atoms with Crippen LogP contribution in [-0.2, 0) is 6.54 Å². The molecule has 126 valence electrons. The number of nitrogens with one attached hydrogen (secondary N) is 1. The van der Waals surface area contributed by atoms with Gasteiger partial charge in [0.15, 0.2) is 0 Å². The third-order valence-electron chi connectivity index (χ3n) is 4.29. The van der Waals surface area contributed by atoms with E-state index in [1.54, 1.807) is 40.6 Å². The zero-order valence-electron chi connectivity index (χ0n) is 13.6. The van der Waals surface area contributed by atoms with Crippen LogP contribution in [0.1, 0.15) is 32.7 Å². The number of carbonyl (C=O) groups is 1. The molecule has 3 aromatic rings. The number of anilines is 1. The lowest BCUT2D eigenvalue weighted by Gasteiger charge is -2.26. The molecule has 1 amide bonds. The highest BCUT2D eigenvalue weighted by atomic mass is 32.1. The first-order valence-corrected chi connectivity index (χ1v) is 8.82. The van der Waals surface area contributed by atoms with Crippen LogP contribution in [0.5, 0.6) is 0 Å². The number of rotatable bonds is 4. The Hall–Kier alpha value is -2.73. The molecule has 0 bridgehead atoms. The molecule has 6 heteroatoms. The van der Waals surface area contributed by atoms with Crippen molar-refractivity contribution < 1.29 is 9.18 Å². The highest BCUT2D eigenvalue weighted by Crippen LogP contribution is 2.35. The van der Waals surface area contributed by atoms with Crippen LogP contribution in [-0.4, -0.2) is 15.8 Å². The summed E-state index contributed by atoms with van der Waals surface area (Å²) in [4.78, 5) is 20.1. The molecule has 3 heterocycles. The molecule has 1 aliphatic rings. The van der Waals surface area contributed by atoms with Crippen molar-refractivity contribution in [1.82, 2.24) is 9.88 Å².